The normalized spacial score (nSPS) is 17.8. The molecule has 1 atom stereocenters. The maximum atomic E-state index is 13.5. The third-order valence-electron chi connectivity index (χ3n) is 4.74. The van der Waals surface area contributed by atoms with Gasteiger partial charge in [-0.05, 0) is 34.9 Å². The second-order valence-corrected chi connectivity index (χ2v) is 10.2. The third kappa shape index (κ3) is 2.83. The lowest BCUT2D eigenvalue weighted by Gasteiger charge is -2.34. The SMILES string of the molecule is Cn1cc(S(=O)(=O)N2CCc3sccc3[C@H]2c2cccs2)c(=O)n(C)c1=O. The molecule has 142 valence electrons. The van der Waals surface area contributed by atoms with Crippen molar-refractivity contribution in [2.45, 2.75) is 17.4 Å². The molecule has 0 saturated heterocycles. The third-order valence-corrected chi connectivity index (χ3v) is 8.50. The van der Waals surface area contributed by atoms with E-state index in [0.29, 0.717) is 6.42 Å². The van der Waals surface area contributed by atoms with Crippen molar-refractivity contribution < 1.29 is 8.42 Å². The van der Waals surface area contributed by atoms with Crippen molar-refractivity contribution in [3.8, 4) is 0 Å². The zero-order valence-corrected chi connectivity index (χ0v) is 17.1. The van der Waals surface area contributed by atoms with Crippen molar-refractivity contribution in [3.05, 3.63) is 71.3 Å². The number of fused-ring (bicyclic) bond motifs is 1. The Bertz CT molecular complexity index is 1220. The van der Waals surface area contributed by atoms with Crippen LogP contribution in [0.25, 0.3) is 0 Å². The molecule has 0 unspecified atom stereocenters. The molecule has 10 heteroatoms. The zero-order valence-electron chi connectivity index (χ0n) is 14.7. The molecule has 4 heterocycles. The minimum atomic E-state index is -4.10. The molecule has 0 fully saturated rings. The number of rotatable bonds is 3. The molecule has 0 saturated carbocycles. The Morgan fingerprint density at radius 2 is 1.89 bits per heavy atom. The summed E-state index contributed by atoms with van der Waals surface area (Å²) in [7, 11) is -1.38. The first-order valence-corrected chi connectivity index (χ1v) is 11.4. The van der Waals surface area contributed by atoms with Gasteiger partial charge in [0, 0.05) is 36.6 Å². The summed E-state index contributed by atoms with van der Waals surface area (Å²) in [4.78, 5) is 26.2. The van der Waals surface area contributed by atoms with Gasteiger partial charge in [0.2, 0.25) is 0 Å². The maximum Gasteiger partial charge on any atom is 0.330 e. The highest BCUT2D eigenvalue weighted by atomic mass is 32.2. The van der Waals surface area contributed by atoms with Crippen LogP contribution in [0.3, 0.4) is 0 Å². The lowest BCUT2D eigenvalue weighted by atomic mass is 10.0. The molecule has 3 aromatic rings. The van der Waals surface area contributed by atoms with Gasteiger partial charge < -0.3 is 4.57 Å². The summed E-state index contributed by atoms with van der Waals surface area (Å²) in [6.45, 7) is 0.282. The first kappa shape index (κ1) is 18.4. The van der Waals surface area contributed by atoms with Crippen molar-refractivity contribution in [3.63, 3.8) is 0 Å². The van der Waals surface area contributed by atoms with Crippen LogP contribution in [0.1, 0.15) is 21.4 Å². The van der Waals surface area contributed by atoms with Gasteiger partial charge in [-0.15, -0.1) is 22.7 Å². The van der Waals surface area contributed by atoms with Crippen molar-refractivity contribution in [1.82, 2.24) is 13.4 Å². The van der Waals surface area contributed by atoms with Gasteiger partial charge >= 0.3 is 5.69 Å². The highest BCUT2D eigenvalue weighted by Gasteiger charge is 2.40. The van der Waals surface area contributed by atoms with Crippen LogP contribution >= 0.6 is 22.7 Å². The highest BCUT2D eigenvalue weighted by molar-refractivity contribution is 7.89. The van der Waals surface area contributed by atoms with E-state index in [9.17, 15) is 18.0 Å². The van der Waals surface area contributed by atoms with Crippen LogP contribution in [0.2, 0.25) is 0 Å². The average Bonchev–Trinajstić information content (AvgIpc) is 3.33. The van der Waals surface area contributed by atoms with E-state index in [1.807, 2.05) is 29.0 Å². The van der Waals surface area contributed by atoms with Crippen LogP contribution in [0.5, 0.6) is 0 Å². The van der Waals surface area contributed by atoms with Crippen molar-refractivity contribution in [2.75, 3.05) is 6.54 Å². The summed E-state index contributed by atoms with van der Waals surface area (Å²) in [5, 5.41) is 3.87. The first-order valence-electron chi connectivity index (χ1n) is 8.20. The highest BCUT2D eigenvalue weighted by Crippen LogP contribution is 2.41. The fourth-order valence-corrected chi connectivity index (χ4v) is 6.94. The standard InChI is InChI=1S/C17H17N3O4S3/c1-18-10-14(16(21)19(2)17(18)22)27(23,24)20-7-5-12-11(6-9-26-12)15(20)13-4-3-8-25-13/h3-4,6,8-10,15H,5,7H2,1-2H3/t15-/m0/s1. The molecule has 0 radical (unpaired) electrons. The molecule has 0 N–H and O–H groups in total. The van der Waals surface area contributed by atoms with E-state index in [4.69, 9.17) is 0 Å². The number of aryl methyl sites for hydroxylation is 1. The quantitative estimate of drug-likeness (QED) is 0.640. The van der Waals surface area contributed by atoms with Crippen molar-refractivity contribution >= 4 is 32.7 Å². The van der Waals surface area contributed by atoms with Crippen LogP contribution in [-0.4, -0.2) is 28.4 Å². The van der Waals surface area contributed by atoms with Gasteiger partial charge in [-0.2, -0.15) is 4.31 Å². The topological polar surface area (TPSA) is 81.4 Å². The van der Waals surface area contributed by atoms with Crippen LogP contribution in [-0.2, 0) is 30.5 Å². The molecule has 4 rings (SSSR count). The fraction of sp³-hybridized carbons (Fsp3) is 0.294. The summed E-state index contributed by atoms with van der Waals surface area (Å²) < 4.78 is 30.3. The summed E-state index contributed by atoms with van der Waals surface area (Å²) in [5.74, 6) is 0. The molecule has 7 nitrogen and oxygen atoms in total. The molecular formula is C17H17N3O4S3. The summed E-state index contributed by atoms with van der Waals surface area (Å²) >= 11 is 3.10. The monoisotopic (exact) mass is 423 g/mol. The fourth-order valence-electron chi connectivity index (χ4n) is 3.37. The number of thiophene rings is 2. The van der Waals surface area contributed by atoms with E-state index in [-0.39, 0.29) is 11.4 Å². The Balaban J connectivity index is 1.92. The molecular weight excluding hydrogens is 406 g/mol. The minimum absolute atomic E-state index is 0.282. The van der Waals surface area contributed by atoms with E-state index in [1.165, 1.54) is 29.7 Å². The predicted octanol–water partition coefficient (Wildman–Crippen LogP) is 1.54. The predicted molar refractivity (Wildman–Crippen MR) is 105 cm³/mol. The molecule has 27 heavy (non-hydrogen) atoms. The molecule has 0 amide bonds. The average molecular weight is 424 g/mol. The number of aromatic nitrogens is 2. The Labute approximate surface area is 163 Å². The molecule has 3 aromatic heterocycles. The number of hydrogen-bond acceptors (Lipinski definition) is 6. The number of hydrogen-bond donors (Lipinski definition) is 0. The molecule has 0 aromatic carbocycles. The minimum Gasteiger partial charge on any atom is -0.302 e. The molecule has 1 aliphatic rings. The lowest BCUT2D eigenvalue weighted by molar-refractivity contribution is 0.349. The smallest absolute Gasteiger partial charge is 0.302 e. The van der Waals surface area contributed by atoms with E-state index in [2.05, 4.69) is 0 Å². The van der Waals surface area contributed by atoms with Crippen LogP contribution in [0, 0.1) is 0 Å². The van der Waals surface area contributed by atoms with Gasteiger partial charge in [-0.25, -0.2) is 13.2 Å². The van der Waals surface area contributed by atoms with Gasteiger partial charge in [-0.1, -0.05) is 6.07 Å². The van der Waals surface area contributed by atoms with Gasteiger partial charge in [0.15, 0.2) is 4.90 Å². The van der Waals surface area contributed by atoms with Crippen LogP contribution < -0.4 is 11.2 Å². The zero-order chi connectivity index (χ0) is 19.3. The number of nitrogens with zero attached hydrogens (tertiary/aromatic N) is 3. The van der Waals surface area contributed by atoms with E-state index in [0.717, 1.165) is 30.6 Å². The number of sulfonamides is 1. The molecule has 0 bridgehead atoms. The molecule has 0 spiro atoms. The van der Waals surface area contributed by atoms with Gasteiger partial charge in [0.25, 0.3) is 15.6 Å². The first-order chi connectivity index (χ1) is 12.8. The Kier molecular flexibility index (Phi) is 4.46. The van der Waals surface area contributed by atoms with Crippen LogP contribution in [0.15, 0.2) is 49.6 Å². The Hall–Kier alpha value is -2.01. The summed E-state index contributed by atoms with van der Waals surface area (Å²) in [6.07, 6.45) is 1.72. The van der Waals surface area contributed by atoms with E-state index in [1.54, 1.807) is 11.3 Å². The lowest BCUT2D eigenvalue weighted by Crippen LogP contribution is -2.45. The van der Waals surface area contributed by atoms with Crippen molar-refractivity contribution in [2.24, 2.45) is 14.1 Å². The molecule has 0 aliphatic carbocycles. The largest absolute Gasteiger partial charge is 0.330 e. The molecule has 1 aliphatic heterocycles. The van der Waals surface area contributed by atoms with E-state index >= 15 is 0 Å². The Morgan fingerprint density at radius 1 is 1.11 bits per heavy atom. The second-order valence-electron chi connectivity index (χ2n) is 6.33. The summed E-state index contributed by atoms with van der Waals surface area (Å²) in [6, 6.07) is 5.28. The van der Waals surface area contributed by atoms with Gasteiger partial charge in [-0.3, -0.25) is 9.36 Å². The summed E-state index contributed by atoms with van der Waals surface area (Å²) in [5.41, 5.74) is -0.411. The van der Waals surface area contributed by atoms with Gasteiger partial charge in [0.1, 0.15) is 0 Å². The van der Waals surface area contributed by atoms with Crippen molar-refractivity contribution in [1.29, 1.82) is 0 Å². The van der Waals surface area contributed by atoms with Crippen LogP contribution in [0.4, 0.5) is 0 Å². The Morgan fingerprint density at radius 3 is 2.59 bits per heavy atom. The maximum absolute atomic E-state index is 13.5. The van der Waals surface area contributed by atoms with E-state index < -0.39 is 27.3 Å². The van der Waals surface area contributed by atoms with Gasteiger partial charge in [0.05, 0.1) is 6.04 Å². The second kappa shape index (κ2) is 6.55.